The van der Waals surface area contributed by atoms with Crippen LogP contribution in [0.4, 0.5) is 0 Å². The average Bonchev–Trinajstić information content (AvgIpc) is 3.12. The highest BCUT2D eigenvalue weighted by Crippen LogP contribution is 2.43. The lowest BCUT2D eigenvalue weighted by Gasteiger charge is -2.44. The van der Waals surface area contributed by atoms with Gasteiger partial charge in [0.05, 0.1) is 0 Å². The maximum Gasteiger partial charge on any atom is 0.247 e. The Morgan fingerprint density at radius 2 is 1.83 bits per heavy atom. The summed E-state index contributed by atoms with van der Waals surface area (Å²) in [6.45, 7) is 4.40. The monoisotopic (exact) mass is 519 g/mol. The van der Waals surface area contributed by atoms with Gasteiger partial charge < -0.3 is 10.2 Å². The van der Waals surface area contributed by atoms with Gasteiger partial charge in [-0.05, 0) is 54.2 Å². The van der Waals surface area contributed by atoms with E-state index in [0.717, 1.165) is 54.4 Å². The molecule has 2 aliphatic rings. The minimum atomic E-state index is -0.523. The second kappa shape index (κ2) is 8.88. The number of rotatable bonds is 5. The van der Waals surface area contributed by atoms with Gasteiger partial charge in [0.1, 0.15) is 5.54 Å². The van der Waals surface area contributed by atoms with E-state index in [4.69, 9.17) is 0 Å². The van der Waals surface area contributed by atoms with Crippen LogP contribution in [0.3, 0.4) is 0 Å². The number of halogens is 2. The molecule has 1 aliphatic carbocycles. The number of carbonyl (C=O) groups is 1. The molecule has 0 spiro atoms. The van der Waals surface area contributed by atoms with Crippen LogP contribution in [0.15, 0.2) is 51.4 Å². The van der Waals surface area contributed by atoms with Gasteiger partial charge in [-0.25, -0.2) is 0 Å². The summed E-state index contributed by atoms with van der Waals surface area (Å²) in [6.07, 6.45) is 2.68. The number of nitrogens with zero attached hydrogens (tertiary/aromatic N) is 2. The van der Waals surface area contributed by atoms with Crippen LogP contribution in [0, 0.1) is 0 Å². The zero-order chi connectivity index (χ0) is 20.4. The summed E-state index contributed by atoms with van der Waals surface area (Å²) in [7, 11) is 1.96. The number of likely N-dealkylation sites (N-methyl/N-ethyl adjacent to an activating group) is 1. The van der Waals surface area contributed by atoms with Crippen molar-refractivity contribution in [2.45, 2.75) is 24.8 Å². The molecule has 4 rings (SSSR count). The quantitative estimate of drug-likeness (QED) is 0.648. The first-order valence-corrected chi connectivity index (χ1v) is 11.8. The Morgan fingerprint density at radius 1 is 1.14 bits per heavy atom. The number of amides is 1. The molecule has 154 valence electrons. The van der Waals surface area contributed by atoms with Crippen molar-refractivity contribution < 1.29 is 4.79 Å². The molecule has 1 atom stereocenters. The molecule has 2 aromatic rings. The molecule has 2 aromatic carbocycles. The number of aryl methyl sites for hydroxylation is 1. The molecular weight excluding hydrogens is 494 g/mol. The molecule has 1 saturated heterocycles. The summed E-state index contributed by atoms with van der Waals surface area (Å²) in [5.41, 5.74) is 3.23. The molecule has 4 nitrogen and oxygen atoms in total. The smallest absolute Gasteiger partial charge is 0.247 e. The maximum atomic E-state index is 13.9. The van der Waals surface area contributed by atoms with Crippen LogP contribution in [-0.2, 0) is 23.2 Å². The van der Waals surface area contributed by atoms with E-state index in [1.807, 2.05) is 18.0 Å². The Morgan fingerprint density at radius 3 is 2.55 bits per heavy atom. The number of carbonyl (C=O) groups excluding carboxylic acids is 1. The minimum absolute atomic E-state index is 0.235. The van der Waals surface area contributed by atoms with Crippen LogP contribution in [0.1, 0.15) is 23.1 Å². The van der Waals surface area contributed by atoms with Crippen molar-refractivity contribution in [1.29, 1.82) is 0 Å². The first kappa shape index (κ1) is 21.0. The second-order valence-electron chi connectivity index (χ2n) is 8.01. The van der Waals surface area contributed by atoms with Crippen LogP contribution in [-0.4, -0.2) is 55.5 Å². The lowest BCUT2D eigenvalue weighted by atomic mass is 9.87. The van der Waals surface area contributed by atoms with Gasteiger partial charge in [0.15, 0.2) is 0 Å². The van der Waals surface area contributed by atoms with Crippen molar-refractivity contribution >= 4 is 37.8 Å². The third kappa shape index (κ3) is 4.18. The van der Waals surface area contributed by atoms with Gasteiger partial charge in [-0.2, -0.15) is 0 Å². The topological polar surface area (TPSA) is 35.6 Å². The van der Waals surface area contributed by atoms with E-state index in [1.165, 1.54) is 16.7 Å². The summed E-state index contributed by atoms with van der Waals surface area (Å²) in [5, 5.41) is 3.43. The lowest BCUT2D eigenvalue weighted by Crippen LogP contribution is -2.60. The molecule has 1 unspecified atom stereocenters. The third-order valence-electron chi connectivity index (χ3n) is 6.23. The first-order valence-electron chi connectivity index (χ1n) is 10.3. The third-order valence-corrected chi connectivity index (χ3v) is 7.15. The number of fused-ring (bicyclic) bond motifs is 1. The largest absolute Gasteiger partial charge is 0.344 e. The number of hydrogen-bond donors (Lipinski definition) is 1. The average molecular weight is 521 g/mol. The Kier molecular flexibility index (Phi) is 6.44. The first-order chi connectivity index (χ1) is 14.0. The molecule has 29 heavy (non-hydrogen) atoms. The van der Waals surface area contributed by atoms with Gasteiger partial charge in [0, 0.05) is 48.7 Å². The summed E-state index contributed by atoms with van der Waals surface area (Å²) in [6, 6.07) is 14.8. The van der Waals surface area contributed by atoms with E-state index in [0.29, 0.717) is 6.54 Å². The van der Waals surface area contributed by atoms with Crippen LogP contribution >= 0.6 is 31.9 Å². The van der Waals surface area contributed by atoms with Crippen LogP contribution in [0.2, 0.25) is 0 Å². The molecule has 0 radical (unpaired) electrons. The predicted octanol–water partition coefficient (Wildman–Crippen LogP) is 3.96. The Hall–Kier alpha value is -1.21. The van der Waals surface area contributed by atoms with Crippen LogP contribution in [0.5, 0.6) is 0 Å². The number of piperazine rings is 1. The fraction of sp³-hybridized carbons (Fsp3) is 0.435. The molecular formula is C23H27Br2N3O. The fourth-order valence-corrected chi connectivity index (χ4v) is 6.18. The number of hydrogen-bond acceptors (Lipinski definition) is 3. The molecule has 1 aliphatic heterocycles. The SMILES string of the molecule is CN(CCc1cc(Br)cc(Br)c1)C(=O)C1(N2CCNCC2)CCc2ccccc21. The molecule has 6 heteroatoms. The summed E-state index contributed by atoms with van der Waals surface area (Å²) < 4.78 is 2.11. The van der Waals surface area contributed by atoms with Gasteiger partial charge in [-0.3, -0.25) is 9.69 Å². The van der Waals surface area contributed by atoms with Gasteiger partial charge in [-0.1, -0.05) is 56.1 Å². The number of nitrogens with one attached hydrogen (secondary N) is 1. The maximum absolute atomic E-state index is 13.9. The van der Waals surface area contributed by atoms with Gasteiger partial charge >= 0.3 is 0 Å². The summed E-state index contributed by atoms with van der Waals surface area (Å²) in [4.78, 5) is 18.3. The van der Waals surface area contributed by atoms with E-state index in [2.05, 4.69) is 78.5 Å². The molecule has 1 heterocycles. The van der Waals surface area contributed by atoms with E-state index in [9.17, 15) is 4.79 Å². The predicted molar refractivity (Wildman–Crippen MR) is 124 cm³/mol. The fourth-order valence-electron chi connectivity index (χ4n) is 4.79. The van der Waals surface area contributed by atoms with Crippen molar-refractivity contribution in [1.82, 2.24) is 15.1 Å². The van der Waals surface area contributed by atoms with E-state index in [1.54, 1.807) is 0 Å². The van der Waals surface area contributed by atoms with Gasteiger partial charge in [0.25, 0.3) is 0 Å². The molecule has 0 aromatic heterocycles. The van der Waals surface area contributed by atoms with Crippen molar-refractivity contribution in [3.63, 3.8) is 0 Å². The van der Waals surface area contributed by atoms with Gasteiger partial charge in [-0.15, -0.1) is 0 Å². The molecule has 1 amide bonds. The van der Waals surface area contributed by atoms with Crippen molar-refractivity contribution in [3.05, 3.63) is 68.1 Å². The molecule has 0 bridgehead atoms. The highest BCUT2D eigenvalue weighted by molar-refractivity contribution is 9.11. The second-order valence-corrected chi connectivity index (χ2v) is 9.84. The molecule has 1 N–H and O–H groups in total. The van der Waals surface area contributed by atoms with E-state index in [-0.39, 0.29) is 5.91 Å². The van der Waals surface area contributed by atoms with E-state index < -0.39 is 5.54 Å². The highest BCUT2D eigenvalue weighted by atomic mass is 79.9. The van der Waals surface area contributed by atoms with Crippen molar-refractivity contribution in [2.75, 3.05) is 39.8 Å². The van der Waals surface area contributed by atoms with Crippen molar-refractivity contribution in [2.24, 2.45) is 0 Å². The normalized spacial score (nSPS) is 21.8. The highest BCUT2D eigenvalue weighted by Gasteiger charge is 2.50. The minimum Gasteiger partial charge on any atom is -0.344 e. The van der Waals surface area contributed by atoms with Crippen molar-refractivity contribution in [3.8, 4) is 0 Å². The zero-order valence-electron chi connectivity index (χ0n) is 16.8. The Labute approximate surface area is 189 Å². The summed E-state index contributed by atoms with van der Waals surface area (Å²) >= 11 is 7.12. The lowest BCUT2D eigenvalue weighted by molar-refractivity contribution is -0.145. The standard InChI is InChI=1S/C23H27Br2N3O/c1-27(11-7-17-14-19(24)16-20(25)15-17)22(29)23(28-12-9-26-10-13-28)8-6-18-4-2-3-5-21(18)23/h2-5,14-16,26H,6-13H2,1H3. The van der Waals surface area contributed by atoms with E-state index >= 15 is 0 Å². The zero-order valence-corrected chi connectivity index (χ0v) is 19.9. The Balaban J connectivity index is 1.58. The van der Waals surface area contributed by atoms with Gasteiger partial charge in [0.2, 0.25) is 5.91 Å². The van der Waals surface area contributed by atoms with Crippen LogP contribution < -0.4 is 5.32 Å². The molecule has 1 fully saturated rings. The van der Waals surface area contributed by atoms with Crippen LogP contribution in [0.25, 0.3) is 0 Å². The molecule has 0 saturated carbocycles. The number of benzene rings is 2. The Bertz CT molecular complexity index is 877. The summed E-state index contributed by atoms with van der Waals surface area (Å²) in [5.74, 6) is 0.235.